The number of nitrogen functional groups attached to an aromatic ring is 2. The molecule has 0 saturated heterocycles. The summed E-state index contributed by atoms with van der Waals surface area (Å²) < 4.78 is 28.8. The molecule has 0 atom stereocenters. The van der Waals surface area contributed by atoms with Crippen molar-refractivity contribution in [3.05, 3.63) is 62.7 Å². The molecule has 0 spiro atoms. The Balaban J connectivity index is 2.11. The van der Waals surface area contributed by atoms with Crippen LogP contribution in [0, 0.1) is 6.92 Å². The number of nitrogens with two attached hydrogens (primary N) is 2. The van der Waals surface area contributed by atoms with E-state index in [1.54, 1.807) is 6.92 Å². The standard InChI is InChI=1S/C17H16Br2N4O2S/c1-10-16(17(21)23(22-10)9-11-5-3-2-4-6-11)26(24,25)15-8-12(18)14(20)7-13(15)19/h2-8H,9,20-21H2,1H3. The maximum absolute atomic E-state index is 13.2. The molecular formula is C17H16Br2N4O2S. The zero-order valence-electron chi connectivity index (χ0n) is 13.8. The number of sulfone groups is 1. The number of benzene rings is 2. The van der Waals surface area contributed by atoms with E-state index in [-0.39, 0.29) is 15.6 Å². The summed E-state index contributed by atoms with van der Waals surface area (Å²) in [4.78, 5) is 0.0819. The maximum Gasteiger partial charge on any atom is 0.213 e. The zero-order chi connectivity index (χ0) is 19.1. The topological polar surface area (TPSA) is 104 Å². The van der Waals surface area contributed by atoms with Gasteiger partial charge in [-0.15, -0.1) is 0 Å². The number of aryl methyl sites for hydroxylation is 1. The number of rotatable bonds is 4. The molecule has 6 nitrogen and oxygen atoms in total. The third-order valence-electron chi connectivity index (χ3n) is 3.89. The quantitative estimate of drug-likeness (QED) is 0.532. The predicted octanol–water partition coefficient (Wildman–Crippen LogP) is 3.76. The van der Waals surface area contributed by atoms with Gasteiger partial charge in [-0.1, -0.05) is 30.3 Å². The lowest BCUT2D eigenvalue weighted by Gasteiger charge is -2.10. The van der Waals surface area contributed by atoms with Crippen LogP contribution < -0.4 is 11.5 Å². The van der Waals surface area contributed by atoms with Gasteiger partial charge in [0.1, 0.15) is 10.7 Å². The first-order chi connectivity index (χ1) is 12.2. The van der Waals surface area contributed by atoms with Crippen LogP contribution in [0.1, 0.15) is 11.3 Å². The number of hydrogen-bond acceptors (Lipinski definition) is 5. The van der Waals surface area contributed by atoms with Crippen LogP contribution in [0.5, 0.6) is 0 Å². The Bertz CT molecular complexity index is 1080. The van der Waals surface area contributed by atoms with E-state index < -0.39 is 9.84 Å². The average Bonchev–Trinajstić information content (AvgIpc) is 2.86. The summed E-state index contributed by atoms with van der Waals surface area (Å²) in [6.45, 7) is 2.01. The number of hydrogen-bond donors (Lipinski definition) is 2. The highest BCUT2D eigenvalue weighted by Crippen LogP contribution is 2.36. The molecule has 3 aromatic rings. The molecule has 0 bridgehead atoms. The van der Waals surface area contributed by atoms with E-state index in [2.05, 4.69) is 37.0 Å². The first kappa shape index (κ1) is 18.9. The van der Waals surface area contributed by atoms with Crippen LogP contribution in [0.15, 0.2) is 61.2 Å². The summed E-state index contributed by atoms with van der Waals surface area (Å²) in [6.07, 6.45) is 0. The van der Waals surface area contributed by atoms with Gasteiger partial charge in [0.05, 0.1) is 17.1 Å². The minimum atomic E-state index is -3.88. The largest absolute Gasteiger partial charge is 0.398 e. The second kappa shape index (κ2) is 7.05. The van der Waals surface area contributed by atoms with E-state index >= 15 is 0 Å². The first-order valence-corrected chi connectivity index (χ1v) is 10.6. The van der Waals surface area contributed by atoms with Gasteiger partial charge in [-0.05, 0) is 56.5 Å². The highest BCUT2D eigenvalue weighted by atomic mass is 79.9. The van der Waals surface area contributed by atoms with Crippen LogP contribution in [-0.2, 0) is 16.4 Å². The Morgan fingerprint density at radius 3 is 2.38 bits per heavy atom. The molecule has 0 aliphatic rings. The molecule has 0 radical (unpaired) electrons. The number of aromatic nitrogens is 2. The van der Waals surface area contributed by atoms with Gasteiger partial charge in [-0.3, -0.25) is 0 Å². The van der Waals surface area contributed by atoms with E-state index in [4.69, 9.17) is 11.5 Å². The molecule has 4 N–H and O–H groups in total. The molecule has 0 aliphatic carbocycles. The molecule has 1 heterocycles. The van der Waals surface area contributed by atoms with Crippen LogP contribution in [0.3, 0.4) is 0 Å². The highest BCUT2D eigenvalue weighted by Gasteiger charge is 2.29. The smallest absolute Gasteiger partial charge is 0.213 e. The molecular weight excluding hydrogens is 484 g/mol. The van der Waals surface area contributed by atoms with E-state index in [1.807, 2.05) is 30.3 Å². The van der Waals surface area contributed by atoms with Crippen LogP contribution in [0.25, 0.3) is 0 Å². The highest BCUT2D eigenvalue weighted by molar-refractivity contribution is 9.11. The summed E-state index contributed by atoms with van der Waals surface area (Å²) in [5, 5.41) is 4.33. The maximum atomic E-state index is 13.2. The van der Waals surface area contributed by atoms with Crippen LogP contribution in [0.2, 0.25) is 0 Å². The normalized spacial score (nSPS) is 11.7. The van der Waals surface area contributed by atoms with Gasteiger partial charge in [0.2, 0.25) is 9.84 Å². The SMILES string of the molecule is Cc1nn(Cc2ccccc2)c(N)c1S(=O)(=O)c1cc(Br)c(N)cc1Br. The monoisotopic (exact) mass is 498 g/mol. The summed E-state index contributed by atoms with van der Waals surface area (Å²) in [6, 6.07) is 12.6. The predicted molar refractivity (Wildman–Crippen MR) is 109 cm³/mol. The van der Waals surface area contributed by atoms with Gasteiger partial charge >= 0.3 is 0 Å². The molecule has 0 aliphatic heterocycles. The minimum Gasteiger partial charge on any atom is -0.398 e. The lowest BCUT2D eigenvalue weighted by molar-refractivity contribution is 0.595. The molecule has 0 amide bonds. The Labute approximate surface area is 168 Å². The summed E-state index contributed by atoms with van der Waals surface area (Å²) in [7, 11) is -3.88. The van der Waals surface area contributed by atoms with Crippen molar-refractivity contribution in [3.8, 4) is 0 Å². The van der Waals surface area contributed by atoms with Gasteiger partial charge in [-0.2, -0.15) is 5.10 Å². The van der Waals surface area contributed by atoms with Crippen LogP contribution in [-0.4, -0.2) is 18.2 Å². The number of halogens is 2. The third kappa shape index (κ3) is 3.38. The molecule has 0 unspecified atom stereocenters. The molecule has 26 heavy (non-hydrogen) atoms. The third-order valence-corrected chi connectivity index (χ3v) is 7.46. The van der Waals surface area contributed by atoms with Gasteiger partial charge in [0, 0.05) is 14.6 Å². The Kier molecular flexibility index (Phi) is 5.14. The van der Waals surface area contributed by atoms with Crippen molar-refractivity contribution in [3.63, 3.8) is 0 Å². The van der Waals surface area contributed by atoms with Crippen molar-refractivity contribution in [2.24, 2.45) is 0 Å². The second-order valence-corrected chi connectivity index (χ2v) is 9.31. The van der Waals surface area contributed by atoms with Crippen molar-refractivity contribution in [2.45, 2.75) is 23.3 Å². The van der Waals surface area contributed by atoms with E-state index in [9.17, 15) is 8.42 Å². The number of nitrogens with zero attached hydrogens (tertiary/aromatic N) is 2. The van der Waals surface area contributed by atoms with Gasteiger partial charge in [0.15, 0.2) is 0 Å². The molecule has 9 heteroatoms. The Hall–Kier alpha value is -1.84. The second-order valence-electron chi connectivity index (χ2n) is 5.75. The van der Waals surface area contributed by atoms with E-state index in [1.165, 1.54) is 16.8 Å². The molecule has 0 fully saturated rings. The Morgan fingerprint density at radius 2 is 1.73 bits per heavy atom. The van der Waals surface area contributed by atoms with Crippen LogP contribution >= 0.6 is 31.9 Å². The van der Waals surface area contributed by atoms with Gasteiger partial charge in [-0.25, -0.2) is 13.1 Å². The van der Waals surface area contributed by atoms with Crippen molar-refractivity contribution < 1.29 is 8.42 Å². The van der Waals surface area contributed by atoms with Crippen LogP contribution in [0.4, 0.5) is 11.5 Å². The first-order valence-electron chi connectivity index (χ1n) is 7.58. The minimum absolute atomic E-state index is 0.00537. The molecule has 136 valence electrons. The van der Waals surface area contributed by atoms with Gasteiger partial charge < -0.3 is 11.5 Å². The number of anilines is 2. The van der Waals surface area contributed by atoms with E-state index in [0.717, 1.165) is 5.56 Å². The lowest BCUT2D eigenvalue weighted by Crippen LogP contribution is -2.10. The average molecular weight is 500 g/mol. The van der Waals surface area contributed by atoms with Crippen molar-refractivity contribution in [1.82, 2.24) is 9.78 Å². The molecule has 3 rings (SSSR count). The summed E-state index contributed by atoms with van der Waals surface area (Å²) in [5.41, 5.74) is 13.7. The summed E-state index contributed by atoms with van der Waals surface area (Å²) >= 11 is 6.55. The van der Waals surface area contributed by atoms with Crippen molar-refractivity contribution >= 4 is 53.2 Å². The Morgan fingerprint density at radius 1 is 1.08 bits per heavy atom. The summed E-state index contributed by atoms with van der Waals surface area (Å²) in [5.74, 6) is 0.103. The van der Waals surface area contributed by atoms with Gasteiger partial charge in [0.25, 0.3) is 0 Å². The van der Waals surface area contributed by atoms with Crippen molar-refractivity contribution in [2.75, 3.05) is 11.5 Å². The van der Waals surface area contributed by atoms with Crippen molar-refractivity contribution in [1.29, 1.82) is 0 Å². The fourth-order valence-electron chi connectivity index (χ4n) is 2.65. The zero-order valence-corrected chi connectivity index (χ0v) is 17.8. The fraction of sp³-hybridized carbons (Fsp3) is 0.118. The molecule has 1 aromatic heterocycles. The molecule has 0 saturated carbocycles. The van der Waals surface area contributed by atoms with E-state index in [0.29, 0.717) is 26.9 Å². The molecule has 2 aromatic carbocycles. The lowest BCUT2D eigenvalue weighted by atomic mass is 10.2. The fourth-order valence-corrected chi connectivity index (χ4v) is 5.77.